The summed E-state index contributed by atoms with van der Waals surface area (Å²) in [5.74, 6) is 3.53. The number of ether oxygens (including phenoxy) is 5. The number of hydrogen-bond acceptors (Lipinski definition) is 10. The zero-order valence-corrected chi connectivity index (χ0v) is 42.8. The van der Waals surface area contributed by atoms with Crippen molar-refractivity contribution in [3.05, 3.63) is 130 Å². The lowest BCUT2D eigenvalue weighted by molar-refractivity contribution is 0.0526. The maximum absolute atomic E-state index is 14.1. The summed E-state index contributed by atoms with van der Waals surface area (Å²) < 4.78 is 27.7. The SMILES string of the molecule is CCOC(=O)c1ccc(-c2cccc(N(C[C@@H]3CCCN3CC3CC3)C(=O)c3ccc(OC)c(OC)c3)c2)cc1.COc1ccc(C(=O)N(C[C@@H]2CCCN2CC2CC2)c2cccc(Br)c2)cc1OC. The first-order valence-electron chi connectivity index (χ1n) is 24.8. The molecule has 0 N–H and O–H groups in total. The van der Waals surface area contributed by atoms with Gasteiger partial charge in [-0.3, -0.25) is 19.4 Å². The Labute approximate surface area is 421 Å². The second kappa shape index (κ2) is 23.8. The van der Waals surface area contributed by atoms with E-state index in [2.05, 4.69) is 31.8 Å². The van der Waals surface area contributed by atoms with Crippen LogP contribution in [0.3, 0.4) is 0 Å². The molecule has 2 amide bonds. The van der Waals surface area contributed by atoms with Crippen LogP contribution in [0.25, 0.3) is 11.1 Å². The van der Waals surface area contributed by atoms with Crippen LogP contribution >= 0.6 is 15.9 Å². The number of esters is 1. The van der Waals surface area contributed by atoms with Crippen molar-refractivity contribution in [1.29, 1.82) is 0 Å². The van der Waals surface area contributed by atoms with Gasteiger partial charge < -0.3 is 33.5 Å². The van der Waals surface area contributed by atoms with Crippen molar-refractivity contribution in [2.75, 3.05) is 84.1 Å². The Bertz CT molecular complexity index is 2580. The molecule has 0 unspecified atom stereocenters. The van der Waals surface area contributed by atoms with Crippen LogP contribution in [0.1, 0.15) is 89.4 Å². The van der Waals surface area contributed by atoms with E-state index in [1.807, 2.05) is 70.5 Å². The van der Waals surface area contributed by atoms with Crippen LogP contribution in [0.2, 0.25) is 0 Å². The van der Waals surface area contributed by atoms with Gasteiger partial charge in [0.2, 0.25) is 0 Å². The smallest absolute Gasteiger partial charge is 0.338 e. The number of likely N-dealkylation sites (tertiary alicyclic amines) is 2. The van der Waals surface area contributed by atoms with Crippen molar-refractivity contribution in [3.63, 3.8) is 0 Å². The summed E-state index contributed by atoms with van der Waals surface area (Å²) in [6.07, 6.45) is 9.90. The first kappa shape index (κ1) is 50.5. The van der Waals surface area contributed by atoms with Gasteiger partial charge in [0.05, 0.1) is 40.6 Å². The fourth-order valence-corrected chi connectivity index (χ4v) is 10.1. The van der Waals surface area contributed by atoms with Gasteiger partial charge in [0.1, 0.15) is 0 Å². The third-order valence-electron chi connectivity index (χ3n) is 13.9. The molecule has 2 saturated carbocycles. The van der Waals surface area contributed by atoms with E-state index in [4.69, 9.17) is 23.7 Å². The van der Waals surface area contributed by atoms with Crippen LogP contribution < -0.4 is 28.7 Å². The van der Waals surface area contributed by atoms with Gasteiger partial charge in [0.25, 0.3) is 11.8 Å². The molecule has 0 bridgehead atoms. The van der Waals surface area contributed by atoms with Gasteiger partial charge in [0.15, 0.2) is 23.0 Å². The van der Waals surface area contributed by atoms with E-state index in [-0.39, 0.29) is 17.8 Å². The second-order valence-corrected chi connectivity index (χ2v) is 19.7. The summed E-state index contributed by atoms with van der Waals surface area (Å²) in [6.45, 7) is 7.96. The van der Waals surface area contributed by atoms with Gasteiger partial charge in [-0.05, 0) is 173 Å². The molecule has 12 nitrogen and oxygen atoms in total. The van der Waals surface area contributed by atoms with Crippen LogP contribution in [0, 0.1) is 11.8 Å². The van der Waals surface area contributed by atoms with Gasteiger partial charge in [0, 0.05) is 65.2 Å². The molecule has 2 heterocycles. The van der Waals surface area contributed by atoms with Crippen LogP contribution in [-0.2, 0) is 4.74 Å². The van der Waals surface area contributed by atoms with E-state index >= 15 is 0 Å². The topological polar surface area (TPSA) is 110 Å². The van der Waals surface area contributed by atoms with E-state index in [1.165, 1.54) is 38.6 Å². The summed E-state index contributed by atoms with van der Waals surface area (Å²) in [5, 5.41) is 0. The highest BCUT2D eigenvalue weighted by molar-refractivity contribution is 9.10. The summed E-state index contributed by atoms with van der Waals surface area (Å²) in [7, 11) is 6.36. The quantitative estimate of drug-likeness (QED) is 0.0742. The zero-order valence-electron chi connectivity index (χ0n) is 41.2. The van der Waals surface area contributed by atoms with Crippen LogP contribution in [-0.4, -0.2) is 114 Å². The monoisotopic (exact) mass is 1010 g/mol. The molecule has 0 radical (unpaired) electrons. The first-order chi connectivity index (χ1) is 34.1. The van der Waals surface area contributed by atoms with Gasteiger partial charge in [-0.2, -0.15) is 0 Å². The molecule has 2 atom stereocenters. The van der Waals surface area contributed by atoms with Crippen molar-refractivity contribution in [3.8, 4) is 34.1 Å². The minimum atomic E-state index is -0.332. The lowest BCUT2D eigenvalue weighted by Gasteiger charge is -2.31. The van der Waals surface area contributed by atoms with Crippen molar-refractivity contribution in [2.24, 2.45) is 11.8 Å². The number of carbonyl (C=O) groups excluding carboxylic acids is 3. The summed E-state index contributed by atoms with van der Waals surface area (Å²) in [6, 6.07) is 34.8. The molecule has 5 aromatic rings. The Kier molecular flexibility index (Phi) is 17.2. The molecule has 9 rings (SSSR count). The molecular formula is C57H67BrN4O8. The number of hydrogen-bond donors (Lipinski definition) is 0. The first-order valence-corrected chi connectivity index (χ1v) is 25.6. The van der Waals surface area contributed by atoms with Gasteiger partial charge in [-0.25, -0.2) is 4.79 Å². The summed E-state index contributed by atoms with van der Waals surface area (Å²) >= 11 is 3.56. The van der Waals surface area contributed by atoms with Crippen molar-refractivity contribution in [2.45, 2.75) is 70.4 Å². The Hall–Kier alpha value is -5.89. The Morgan fingerprint density at radius 1 is 0.543 bits per heavy atom. The number of benzene rings is 5. The van der Waals surface area contributed by atoms with Crippen molar-refractivity contribution >= 4 is 45.1 Å². The number of halogens is 1. The van der Waals surface area contributed by atoms with Crippen LogP contribution in [0.5, 0.6) is 23.0 Å². The number of amides is 2. The molecular weight excluding hydrogens is 949 g/mol. The molecule has 2 aliphatic heterocycles. The average molecular weight is 1020 g/mol. The highest BCUT2D eigenvalue weighted by atomic mass is 79.9. The van der Waals surface area contributed by atoms with E-state index in [1.54, 1.807) is 77.8 Å². The molecule has 4 fully saturated rings. The predicted molar refractivity (Wildman–Crippen MR) is 279 cm³/mol. The van der Waals surface area contributed by atoms with Crippen molar-refractivity contribution < 1.29 is 38.1 Å². The number of carbonyl (C=O) groups is 3. The standard InChI is InChI=1S/C33H38N2O5.C24H29BrN2O3/c1-4-40-33(37)25-14-12-24(13-15-25)26-7-5-8-28(19-26)35(22-29-9-6-18-34(29)21-23-10-11-23)32(36)27-16-17-30(38-2)31(20-27)39-3;1-29-22-11-10-18(13-23(22)30-2)24(28)27(20-6-3-5-19(25)14-20)16-21-7-4-12-26(21)15-17-8-9-17/h5,7-8,12-17,19-20,23,29H,4,6,9-11,18,21-22H2,1-3H3;3,5-6,10-11,13-14,17,21H,4,7-9,12,15-16H2,1-2H3/t29-;21-/m00/s1. The van der Waals surface area contributed by atoms with E-state index < -0.39 is 0 Å². The number of nitrogens with zero attached hydrogens (tertiary/aromatic N) is 4. The molecule has 2 saturated heterocycles. The number of rotatable bonds is 19. The fourth-order valence-electron chi connectivity index (χ4n) is 9.74. The average Bonchev–Trinajstić information content (AvgIpc) is 4.31. The predicted octanol–water partition coefficient (Wildman–Crippen LogP) is 11.1. The molecule has 70 heavy (non-hydrogen) atoms. The minimum Gasteiger partial charge on any atom is -0.493 e. The third kappa shape index (κ3) is 12.7. The van der Waals surface area contributed by atoms with E-state index in [0.717, 1.165) is 77.7 Å². The highest BCUT2D eigenvalue weighted by Gasteiger charge is 2.35. The van der Waals surface area contributed by atoms with Crippen molar-refractivity contribution in [1.82, 2.24) is 9.80 Å². The number of anilines is 2. The molecule has 0 aromatic heterocycles. The normalized spacial score (nSPS) is 17.8. The zero-order chi connectivity index (χ0) is 49.1. The van der Waals surface area contributed by atoms with Gasteiger partial charge >= 0.3 is 5.97 Å². The molecule has 4 aliphatic rings. The lowest BCUT2D eigenvalue weighted by Crippen LogP contribution is -2.44. The van der Waals surface area contributed by atoms with Gasteiger partial charge in [-0.15, -0.1) is 0 Å². The molecule has 0 spiro atoms. The Morgan fingerprint density at radius 2 is 1.01 bits per heavy atom. The second-order valence-electron chi connectivity index (χ2n) is 18.8. The molecule has 370 valence electrons. The highest BCUT2D eigenvalue weighted by Crippen LogP contribution is 2.37. The summed E-state index contributed by atoms with van der Waals surface area (Å²) in [5.41, 5.74) is 5.34. The van der Waals surface area contributed by atoms with Gasteiger partial charge in [-0.1, -0.05) is 46.3 Å². The maximum Gasteiger partial charge on any atom is 0.338 e. The molecule has 5 aromatic carbocycles. The minimum absolute atomic E-state index is 0.0210. The summed E-state index contributed by atoms with van der Waals surface area (Å²) in [4.78, 5) is 48.9. The van der Waals surface area contributed by atoms with E-state index in [0.29, 0.717) is 71.5 Å². The van der Waals surface area contributed by atoms with Crippen LogP contribution in [0.4, 0.5) is 11.4 Å². The maximum atomic E-state index is 14.1. The molecule has 13 heteroatoms. The molecule has 2 aliphatic carbocycles. The third-order valence-corrected chi connectivity index (χ3v) is 14.4. The lowest BCUT2D eigenvalue weighted by atomic mass is 10.0. The Balaban J connectivity index is 0.000000196. The number of methoxy groups -OCH3 is 4. The fraction of sp³-hybridized carbons (Fsp3) is 0.421. The van der Waals surface area contributed by atoms with E-state index in [9.17, 15) is 14.4 Å². The Morgan fingerprint density at radius 3 is 1.47 bits per heavy atom. The van der Waals surface area contributed by atoms with Crippen LogP contribution in [0.15, 0.2) is 114 Å². The largest absolute Gasteiger partial charge is 0.493 e.